The number of nitrogens with zero attached hydrogens (tertiary/aromatic N) is 1. The summed E-state index contributed by atoms with van der Waals surface area (Å²) in [7, 11) is 0. The summed E-state index contributed by atoms with van der Waals surface area (Å²) in [5.74, 6) is -0.270. The van der Waals surface area contributed by atoms with Crippen molar-refractivity contribution in [2.45, 2.75) is 32.5 Å². The van der Waals surface area contributed by atoms with Crippen molar-refractivity contribution < 1.29 is 9.59 Å². The van der Waals surface area contributed by atoms with Crippen LogP contribution in [0.25, 0.3) is 0 Å². The minimum absolute atomic E-state index is 0.0771. The van der Waals surface area contributed by atoms with Gasteiger partial charge in [-0.2, -0.15) is 0 Å². The molecule has 4 aromatic rings. The second-order valence-electron chi connectivity index (χ2n) is 8.28. The van der Waals surface area contributed by atoms with Gasteiger partial charge < -0.3 is 10.2 Å². The summed E-state index contributed by atoms with van der Waals surface area (Å²) in [6.07, 6.45) is 0.263. The van der Waals surface area contributed by atoms with Gasteiger partial charge in [0.2, 0.25) is 11.8 Å². The first-order chi connectivity index (χ1) is 16.6. The van der Waals surface area contributed by atoms with Crippen LogP contribution in [0.2, 0.25) is 0 Å². The molecule has 0 aliphatic heterocycles. The zero-order valence-corrected chi connectivity index (χ0v) is 20.0. The molecule has 172 valence electrons. The molecule has 0 spiro atoms. The van der Waals surface area contributed by atoms with Gasteiger partial charge in [0, 0.05) is 18.0 Å². The summed E-state index contributed by atoms with van der Waals surface area (Å²) in [4.78, 5) is 29.9. The van der Waals surface area contributed by atoms with Crippen molar-refractivity contribution in [1.82, 2.24) is 10.2 Å². The quantitative estimate of drug-likeness (QED) is 0.343. The predicted molar refractivity (Wildman–Crippen MR) is 137 cm³/mol. The van der Waals surface area contributed by atoms with Gasteiger partial charge in [0.05, 0.1) is 6.42 Å². The highest BCUT2D eigenvalue weighted by Gasteiger charge is 2.31. The molecule has 4 rings (SSSR count). The van der Waals surface area contributed by atoms with E-state index < -0.39 is 6.04 Å². The van der Waals surface area contributed by atoms with E-state index in [4.69, 9.17) is 0 Å². The van der Waals surface area contributed by atoms with Crippen LogP contribution in [0.4, 0.5) is 0 Å². The van der Waals surface area contributed by atoms with Crippen molar-refractivity contribution in [1.29, 1.82) is 0 Å². The average molecular weight is 469 g/mol. The molecule has 0 saturated carbocycles. The van der Waals surface area contributed by atoms with E-state index in [9.17, 15) is 9.59 Å². The summed E-state index contributed by atoms with van der Waals surface area (Å²) in [6, 6.07) is 30.6. The molecule has 3 aromatic carbocycles. The summed E-state index contributed by atoms with van der Waals surface area (Å²) in [5.41, 5.74) is 3.94. The summed E-state index contributed by atoms with van der Waals surface area (Å²) < 4.78 is 0. The highest BCUT2D eigenvalue weighted by atomic mass is 32.1. The maximum atomic E-state index is 13.6. The van der Waals surface area contributed by atoms with Gasteiger partial charge in [0.15, 0.2) is 0 Å². The van der Waals surface area contributed by atoms with Gasteiger partial charge in [-0.25, -0.2) is 0 Å². The molecule has 1 N–H and O–H groups in total. The minimum atomic E-state index is -0.737. The lowest BCUT2D eigenvalue weighted by Gasteiger charge is -2.31. The van der Waals surface area contributed by atoms with Crippen molar-refractivity contribution in [3.05, 3.63) is 130 Å². The molecule has 0 unspecified atom stereocenters. The lowest BCUT2D eigenvalue weighted by atomic mass is 10.0. The van der Waals surface area contributed by atoms with E-state index >= 15 is 0 Å². The van der Waals surface area contributed by atoms with Gasteiger partial charge in [0.1, 0.15) is 6.04 Å². The number of hydrogen-bond acceptors (Lipinski definition) is 3. The van der Waals surface area contributed by atoms with Gasteiger partial charge in [-0.1, -0.05) is 96.6 Å². The average Bonchev–Trinajstić information content (AvgIpc) is 3.38. The van der Waals surface area contributed by atoms with Crippen LogP contribution >= 0.6 is 11.3 Å². The predicted octanol–water partition coefficient (Wildman–Crippen LogP) is 5.69. The fourth-order valence-electron chi connectivity index (χ4n) is 3.87. The lowest BCUT2D eigenvalue weighted by Crippen LogP contribution is -2.43. The van der Waals surface area contributed by atoms with Crippen molar-refractivity contribution in [3.63, 3.8) is 0 Å². The molecule has 4 nitrogen and oxygen atoms in total. The number of aryl methyl sites for hydroxylation is 1. The molecule has 1 heterocycles. The first kappa shape index (κ1) is 23.5. The van der Waals surface area contributed by atoms with Gasteiger partial charge in [0.25, 0.3) is 0 Å². The summed E-state index contributed by atoms with van der Waals surface area (Å²) in [5, 5.41) is 5.02. The Labute approximate surface area is 204 Å². The van der Waals surface area contributed by atoms with E-state index in [1.165, 1.54) is 0 Å². The second kappa shape index (κ2) is 11.4. The van der Waals surface area contributed by atoms with Crippen LogP contribution in [0.5, 0.6) is 0 Å². The molecule has 34 heavy (non-hydrogen) atoms. The van der Waals surface area contributed by atoms with Crippen LogP contribution in [0, 0.1) is 6.92 Å². The number of hydrogen-bond donors (Lipinski definition) is 1. The van der Waals surface area contributed by atoms with Crippen LogP contribution < -0.4 is 5.32 Å². The monoisotopic (exact) mass is 468 g/mol. The van der Waals surface area contributed by atoms with E-state index in [1.807, 2.05) is 109 Å². The summed E-state index contributed by atoms with van der Waals surface area (Å²) >= 11 is 1.55. The van der Waals surface area contributed by atoms with Gasteiger partial charge >= 0.3 is 0 Å². The van der Waals surface area contributed by atoms with Crippen molar-refractivity contribution >= 4 is 23.2 Å². The van der Waals surface area contributed by atoms with Gasteiger partial charge in [-0.3, -0.25) is 9.59 Å². The molecule has 1 atom stereocenters. The van der Waals surface area contributed by atoms with Crippen molar-refractivity contribution in [2.24, 2.45) is 0 Å². The number of carbonyl (C=O) groups excluding carboxylic acids is 2. The first-order valence-corrected chi connectivity index (χ1v) is 12.2. The van der Waals surface area contributed by atoms with Gasteiger partial charge in [-0.15, -0.1) is 11.3 Å². The number of nitrogens with one attached hydrogen (secondary N) is 1. The van der Waals surface area contributed by atoms with E-state index in [-0.39, 0.29) is 18.2 Å². The highest BCUT2D eigenvalue weighted by Crippen LogP contribution is 2.26. The van der Waals surface area contributed by atoms with E-state index in [1.54, 1.807) is 16.2 Å². The Hall–Kier alpha value is -3.70. The third-order valence-corrected chi connectivity index (χ3v) is 6.56. The Morgan fingerprint density at radius 3 is 2.15 bits per heavy atom. The Bertz CT molecular complexity index is 1190. The normalized spacial score (nSPS) is 11.6. The van der Waals surface area contributed by atoms with Crippen LogP contribution in [0.3, 0.4) is 0 Å². The van der Waals surface area contributed by atoms with Crippen LogP contribution in [-0.4, -0.2) is 16.7 Å². The molecule has 0 radical (unpaired) electrons. The number of benzene rings is 3. The van der Waals surface area contributed by atoms with Crippen molar-refractivity contribution in [3.8, 4) is 0 Å². The summed E-state index contributed by atoms with van der Waals surface area (Å²) in [6.45, 7) is 2.79. The fraction of sp³-hybridized carbons (Fsp3) is 0.172. The van der Waals surface area contributed by atoms with Crippen molar-refractivity contribution in [2.75, 3.05) is 0 Å². The minimum Gasteiger partial charge on any atom is -0.350 e. The lowest BCUT2D eigenvalue weighted by molar-refractivity contribution is -0.141. The Morgan fingerprint density at radius 1 is 0.824 bits per heavy atom. The maximum Gasteiger partial charge on any atom is 0.247 e. The third kappa shape index (κ3) is 6.21. The molecular formula is C29H28N2O2S. The second-order valence-corrected chi connectivity index (χ2v) is 9.31. The third-order valence-electron chi connectivity index (χ3n) is 5.68. The zero-order valence-electron chi connectivity index (χ0n) is 19.2. The maximum absolute atomic E-state index is 13.6. The molecule has 5 heteroatoms. The molecule has 0 saturated heterocycles. The highest BCUT2D eigenvalue weighted by molar-refractivity contribution is 7.10. The molecule has 1 aromatic heterocycles. The molecule has 0 aliphatic carbocycles. The van der Waals surface area contributed by atoms with Crippen LogP contribution in [-0.2, 0) is 29.1 Å². The van der Waals surface area contributed by atoms with E-state index in [0.717, 1.165) is 27.1 Å². The van der Waals surface area contributed by atoms with Crippen LogP contribution in [0.1, 0.15) is 33.2 Å². The number of rotatable bonds is 9. The number of thiophene rings is 1. The van der Waals surface area contributed by atoms with E-state index in [2.05, 4.69) is 5.32 Å². The molecule has 0 bridgehead atoms. The zero-order chi connectivity index (χ0) is 23.8. The Kier molecular flexibility index (Phi) is 7.89. The molecule has 2 amide bonds. The van der Waals surface area contributed by atoms with Crippen LogP contribution in [0.15, 0.2) is 102 Å². The number of amides is 2. The van der Waals surface area contributed by atoms with Gasteiger partial charge in [-0.05, 0) is 35.1 Å². The smallest absolute Gasteiger partial charge is 0.247 e. The largest absolute Gasteiger partial charge is 0.350 e. The molecule has 0 aliphatic rings. The SMILES string of the molecule is Cc1ccc(CN(C(=O)Cc2cccs2)[C@@H](C(=O)NCc2ccccc2)c2ccccc2)cc1. The number of carbonyl (C=O) groups is 2. The molecule has 0 fully saturated rings. The topological polar surface area (TPSA) is 49.4 Å². The Balaban J connectivity index is 1.66. The van der Waals surface area contributed by atoms with E-state index in [0.29, 0.717) is 13.1 Å². The molecular weight excluding hydrogens is 440 g/mol. The fourth-order valence-corrected chi connectivity index (χ4v) is 4.56. The Morgan fingerprint density at radius 2 is 1.50 bits per heavy atom. The first-order valence-electron chi connectivity index (χ1n) is 11.3. The standard InChI is InChI=1S/C29H28N2O2S/c1-22-14-16-24(17-15-22)21-31(27(32)19-26-13-8-18-34-26)28(25-11-6-3-7-12-25)29(33)30-20-23-9-4-2-5-10-23/h2-18,28H,19-21H2,1H3,(H,30,33)/t28-/m1/s1.